The number of carbonyl (C=O) groups excluding carboxylic acids is 2. The highest BCUT2D eigenvalue weighted by Gasteiger charge is 2.60. The fourth-order valence-electron chi connectivity index (χ4n) is 7.24. The lowest BCUT2D eigenvalue weighted by Crippen LogP contribution is -2.53. The van der Waals surface area contributed by atoms with E-state index in [4.69, 9.17) is 9.47 Å². The minimum Gasteiger partial charge on any atom is -0.454 e. The van der Waals surface area contributed by atoms with E-state index in [1.807, 2.05) is 13.2 Å². The second kappa shape index (κ2) is 6.19. The lowest BCUT2D eigenvalue weighted by Gasteiger charge is -2.58. The first kappa shape index (κ1) is 18.2. The number of hydrogen-bond acceptors (Lipinski definition) is 4. The average molecular weight is 360 g/mol. The molecular weight excluding hydrogens is 328 g/mol. The van der Waals surface area contributed by atoms with Gasteiger partial charge in [-0.1, -0.05) is 19.4 Å². The molecule has 0 aliphatic heterocycles. The Balaban J connectivity index is 1.64. The van der Waals surface area contributed by atoms with Crippen molar-refractivity contribution in [2.75, 3.05) is 7.11 Å². The van der Waals surface area contributed by atoms with E-state index in [1.165, 1.54) is 44.6 Å². The summed E-state index contributed by atoms with van der Waals surface area (Å²) < 4.78 is 11.2. The van der Waals surface area contributed by atoms with Crippen molar-refractivity contribution in [1.29, 1.82) is 0 Å². The van der Waals surface area contributed by atoms with Crippen LogP contribution in [0.3, 0.4) is 0 Å². The normalized spacial score (nSPS) is 47.5. The van der Waals surface area contributed by atoms with Crippen molar-refractivity contribution in [3.63, 3.8) is 0 Å². The minimum atomic E-state index is -0.594. The summed E-state index contributed by atoms with van der Waals surface area (Å²) in [6, 6.07) is 0. The van der Waals surface area contributed by atoms with Crippen LogP contribution in [0.1, 0.15) is 65.7 Å². The maximum Gasteiger partial charge on any atom is 0.303 e. The highest BCUT2D eigenvalue weighted by Crippen LogP contribution is 2.65. The zero-order chi connectivity index (χ0) is 18.7. The van der Waals surface area contributed by atoms with Gasteiger partial charge in [0.05, 0.1) is 6.10 Å². The first-order chi connectivity index (χ1) is 12.3. The van der Waals surface area contributed by atoms with Gasteiger partial charge in [0.1, 0.15) is 0 Å². The zero-order valence-corrected chi connectivity index (χ0v) is 16.5. The number of methoxy groups -OCH3 is 1. The van der Waals surface area contributed by atoms with Gasteiger partial charge in [-0.15, -0.1) is 0 Å². The Morgan fingerprint density at radius 1 is 1.15 bits per heavy atom. The molecule has 0 amide bonds. The van der Waals surface area contributed by atoms with Crippen LogP contribution in [-0.2, 0) is 19.1 Å². The van der Waals surface area contributed by atoms with Gasteiger partial charge < -0.3 is 9.47 Å². The number of esters is 1. The van der Waals surface area contributed by atoms with E-state index in [0.29, 0.717) is 29.8 Å². The van der Waals surface area contributed by atoms with E-state index in [0.717, 1.165) is 12.3 Å². The van der Waals surface area contributed by atoms with Crippen molar-refractivity contribution < 1.29 is 19.1 Å². The zero-order valence-electron chi connectivity index (χ0n) is 16.5. The molecule has 0 heterocycles. The largest absolute Gasteiger partial charge is 0.454 e. The molecule has 3 saturated carbocycles. The van der Waals surface area contributed by atoms with Crippen LogP contribution in [0.25, 0.3) is 0 Å². The minimum absolute atomic E-state index is 0.0105. The number of allylic oxidation sites excluding steroid dienone is 1. The van der Waals surface area contributed by atoms with Crippen LogP contribution < -0.4 is 0 Å². The first-order valence-electron chi connectivity index (χ1n) is 10.2. The monoisotopic (exact) mass is 360 g/mol. The number of hydrogen-bond donors (Lipinski definition) is 0. The highest BCUT2D eigenvalue weighted by atomic mass is 16.5. The summed E-state index contributed by atoms with van der Waals surface area (Å²) in [6.07, 6.45) is 9.30. The topological polar surface area (TPSA) is 52.6 Å². The van der Waals surface area contributed by atoms with Crippen molar-refractivity contribution in [3.05, 3.63) is 11.6 Å². The quantitative estimate of drug-likeness (QED) is 0.697. The Morgan fingerprint density at radius 2 is 1.92 bits per heavy atom. The molecule has 4 aliphatic carbocycles. The molecule has 0 spiro atoms. The Hall–Kier alpha value is -1.16. The van der Waals surface area contributed by atoms with Gasteiger partial charge >= 0.3 is 5.97 Å². The van der Waals surface area contributed by atoms with Gasteiger partial charge in [-0.05, 0) is 73.2 Å². The highest BCUT2D eigenvalue weighted by molar-refractivity contribution is 5.96. The van der Waals surface area contributed by atoms with Gasteiger partial charge in [0, 0.05) is 20.5 Å². The number of ketones is 1. The molecule has 0 bridgehead atoms. The molecule has 4 rings (SSSR count). The van der Waals surface area contributed by atoms with Gasteiger partial charge in [-0.25, -0.2) is 0 Å². The van der Waals surface area contributed by atoms with Gasteiger partial charge in [0.2, 0.25) is 0 Å². The number of ether oxygens (including phenoxy) is 2. The Bertz CT molecular complexity index is 653. The van der Waals surface area contributed by atoms with Gasteiger partial charge in [-0.2, -0.15) is 0 Å². The van der Waals surface area contributed by atoms with Crippen molar-refractivity contribution in [3.8, 4) is 0 Å². The van der Waals surface area contributed by atoms with Crippen LogP contribution in [0.2, 0.25) is 0 Å². The fourth-order valence-corrected chi connectivity index (χ4v) is 7.24. The van der Waals surface area contributed by atoms with Crippen molar-refractivity contribution in [2.24, 2.45) is 28.6 Å². The lowest BCUT2D eigenvalue weighted by atomic mass is 9.47. The first-order valence-corrected chi connectivity index (χ1v) is 10.2. The number of carbonyl (C=O) groups is 2. The average Bonchev–Trinajstić information content (AvgIpc) is 2.92. The summed E-state index contributed by atoms with van der Waals surface area (Å²) >= 11 is 0. The Kier molecular flexibility index (Phi) is 4.33. The van der Waals surface area contributed by atoms with E-state index in [1.54, 1.807) is 0 Å². The molecule has 0 radical (unpaired) electrons. The van der Waals surface area contributed by atoms with E-state index in [-0.39, 0.29) is 17.2 Å². The molecule has 4 nitrogen and oxygen atoms in total. The SMILES string of the molecule is CO[C@H]1CC[C@H]2[C@@H]3CCC4=CC(=O)[C@@H](OC(C)=O)C[C@]4(C)[C@H]3CC[C@]12C. The molecule has 4 aliphatic rings. The van der Waals surface area contributed by atoms with Crippen molar-refractivity contribution in [2.45, 2.75) is 77.9 Å². The number of fused-ring (bicyclic) bond motifs is 5. The standard InChI is InChI=1S/C22H32O4/c1-13(23)26-19-12-22(3)14(11-18(19)24)5-6-15-16-7-8-20(25-4)21(16,2)10-9-17(15)22/h11,15-17,19-20H,5-10,12H2,1-4H3/t15-,16-,17-,19-,20-,21-,22-/m0/s1. The van der Waals surface area contributed by atoms with E-state index in [9.17, 15) is 9.59 Å². The molecule has 4 heteroatoms. The third-order valence-electron chi connectivity index (χ3n) is 8.49. The molecule has 0 unspecified atom stereocenters. The van der Waals surface area contributed by atoms with E-state index in [2.05, 4.69) is 13.8 Å². The summed E-state index contributed by atoms with van der Waals surface area (Å²) in [5.41, 5.74) is 1.59. The maximum atomic E-state index is 12.4. The van der Waals surface area contributed by atoms with Crippen LogP contribution >= 0.6 is 0 Å². The van der Waals surface area contributed by atoms with Gasteiger partial charge in [-0.3, -0.25) is 9.59 Å². The molecular formula is C22H32O4. The third kappa shape index (κ3) is 2.51. The second-order valence-corrected chi connectivity index (χ2v) is 9.55. The van der Waals surface area contributed by atoms with Crippen LogP contribution in [0.5, 0.6) is 0 Å². The smallest absolute Gasteiger partial charge is 0.303 e. The predicted octanol–water partition coefficient (Wildman–Crippen LogP) is 4.07. The molecule has 0 aromatic carbocycles. The van der Waals surface area contributed by atoms with E-state index >= 15 is 0 Å². The molecule has 26 heavy (non-hydrogen) atoms. The van der Waals surface area contributed by atoms with E-state index < -0.39 is 6.10 Å². The molecule has 0 aromatic heterocycles. The van der Waals surface area contributed by atoms with Gasteiger partial charge in [0.25, 0.3) is 0 Å². The van der Waals surface area contributed by atoms with Crippen LogP contribution in [0.4, 0.5) is 0 Å². The molecule has 7 atom stereocenters. The molecule has 3 fully saturated rings. The van der Waals surface area contributed by atoms with Crippen LogP contribution in [0.15, 0.2) is 11.6 Å². The molecule has 0 saturated heterocycles. The summed E-state index contributed by atoms with van der Waals surface area (Å²) in [6.45, 7) is 6.16. The number of rotatable bonds is 2. The second-order valence-electron chi connectivity index (χ2n) is 9.55. The summed E-state index contributed by atoms with van der Waals surface area (Å²) in [5.74, 6) is 1.62. The fraction of sp³-hybridized carbons (Fsp3) is 0.818. The molecule has 144 valence electrons. The summed E-state index contributed by atoms with van der Waals surface area (Å²) in [4.78, 5) is 23.9. The molecule has 0 N–H and O–H groups in total. The van der Waals surface area contributed by atoms with Crippen LogP contribution in [-0.4, -0.2) is 31.1 Å². The Labute approximate surface area is 156 Å². The molecule has 0 aromatic rings. The summed E-state index contributed by atoms with van der Waals surface area (Å²) in [5, 5.41) is 0. The lowest BCUT2D eigenvalue weighted by molar-refractivity contribution is -0.156. The summed E-state index contributed by atoms with van der Waals surface area (Å²) in [7, 11) is 1.86. The van der Waals surface area contributed by atoms with Crippen molar-refractivity contribution in [1.82, 2.24) is 0 Å². The predicted molar refractivity (Wildman–Crippen MR) is 98.4 cm³/mol. The van der Waals surface area contributed by atoms with Crippen molar-refractivity contribution >= 4 is 11.8 Å². The maximum absolute atomic E-state index is 12.4. The third-order valence-corrected chi connectivity index (χ3v) is 8.49. The van der Waals surface area contributed by atoms with Gasteiger partial charge in [0.15, 0.2) is 11.9 Å². The van der Waals surface area contributed by atoms with Crippen LogP contribution in [0, 0.1) is 28.6 Å². The Morgan fingerprint density at radius 3 is 2.62 bits per heavy atom.